The van der Waals surface area contributed by atoms with Crippen molar-refractivity contribution in [3.63, 3.8) is 0 Å². The molecule has 0 bridgehead atoms. The molecule has 0 saturated heterocycles. The van der Waals surface area contributed by atoms with Crippen LogP contribution in [-0.2, 0) is 16.3 Å². The first-order chi connectivity index (χ1) is 5.55. The Hall–Kier alpha value is 1.06. The molecule has 0 N–H and O–H groups in total. The molecule has 1 atom stereocenters. The molecule has 0 aromatic heterocycles. The number of hydrogen-bond donors (Lipinski definition) is 0. The van der Waals surface area contributed by atoms with E-state index in [0.717, 1.165) is 5.92 Å². The quantitative estimate of drug-likeness (QED) is 0.421. The average molecular weight is 299 g/mol. The summed E-state index contributed by atoms with van der Waals surface area (Å²) in [5.41, 5.74) is 1.87. The molecule has 0 aliphatic heterocycles. The molecule has 1 rings (SSSR count). The Bertz CT molecular complexity index is 142. The van der Waals surface area contributed by atoms with E-state index in [1.54, 1.807) is 0 Å². The van der Waals surface area contributed by atoms with Gasteiger partial charge in [0.05, 0.1) is 0 Å². The summed E-state index contributed by atoms with van der Waals surface area (Å²) in [4.78, 5) is 0. The summed E-state index contributed by atoms with van der Waals surface area (Å²) >= 11 is 4.25. The van der Waals surface area contributed by atoms with E-state index in [9.17, 15) is 0 Å². The van der Waals surface area contributed by atoms with Gasteiger partial charge in [0.1, 0.15) is 0 Å². The van der Waals surface area contributed by atoms with Crippen LogP contribution >= 0.6 is 13.6 Å². The Kier molecular flexibility index (Phi) is 6.23. The van der Waals surface area contributed by atoms with Gasteiger partial charge >= 0.3 is 30.0 Å². The Morgan fingerprint density at radius 2 is 2.08 bits per heavy atom. The van der Waals surface area contributed by atoms with Gasteiger partial charge < -0.3 is 5.54 Å². The van der Waals surface area contributed by atoms with E-state index in [0.29, 0.717) is 0 Å². The summed E-state index contributed by atoms with van der Waals surface area (Å²) in [6.07, 6.45) is 4.68. The van der Waals surface area contributed by atoms with Crippen LogP contribution in [0.4, 0.5) is 0 Å². The van der Waals surface area contributed by atoms with Gasteiger partial charge in [0.15, 0.2) is 0 Å². The van der Waals surface area contributed by atoms with Crippen LogP contribution in [0.15, 0.2) is 12.7 Å². The first-order valence-corrected chi connectivity index (χ1v) is 14.7. The maximum atomic E-state index is 3.76. The summed E-state index contributed by atoms with van der Waals surface area (Å²) in [5, 5.41) is 0. The van der Waals surface area contributed by atoms with Gasteiger partial charge in [-0.2, -0.15) is 5.92 Å². The Labute approximate surface area is 94.2 Å². The van der Waals surface area contributed by atoms with Crippen molar-refractivity contribution in [2.45, 2.75) is 32.5 Å². The predicted octanol–water partition coefficient (Wildman–Crippen LogP) is 3.88. The number of rotatable bonds is 3. The molecule has 12 heavy (non-hydrogen) atoms. The molecule has 66 valence electrons. The van der Waals surface area contributed by atoms with Gasteiger partial charge in [0.25, 0.3) is 0 Å². The topological polar surface area (TPSA) is 0 Å². The van der Waals surface area contributed by atoms with Crippen LogP contribution in [0.5, 0.6) is 0 Å². The fraction of sp³-hybridized carbons (Fsp3) is 0.667. The molecular formula is C9H17BrSiZn. The Balaban J connectivity index is 0.000000561. The minimum atomic E-state index is -0.855. The fourth-order valence-electron chi connectivity index (χ4n) is 1.55. The molecule has 0 nitrogen and oxygen atoms in total. The van der Waals surface area contributed by atoms with Crippen LogP contribution < -0.4 is 0 Å². The van der Waals surface area contributed by atoms with Crippen molar-refractivity contribution < 1.29 is 16.3 Å². The van der Waals surface area contributed by atoms with Crippen molar-refractivity contribution in [2.24, 2.45) is 5.92 Å². The molecule has 0 aromatic carbocycles. The van der Waals surface area contributed by atoms with Gasteiger partial charge in [0.2, 0.25) is 0 Å². The zero-order chi connectivity index (χ0) is 9.78. The van der Waals surface area contributed by atoms with Crippen LogP contribution in [0.2, 0.25) is 19.6 Å². The SMILES string of the molecule is C=CC[C@H]1C[C-]1[Si](C)(C)C.[Zn+][Br]. The van der Waals surface area contributed by atoms with E-state index in [2.05, 4.69) is 45.9 Å². The summed E-state index contributed by atoms with van der Waals surface area (Å²) < 4.78 is 0. The van der Waals surface area contributed by atoms with Crippen LogP contribution in [0, 0.1) is 11.5 Å². The molecule has 0 aromatic rings. The molecule has 0 amide bonds. The van der Waals surface area contributed by atoms with E-state index in [-0.39, 0.29) is 0 Å². The average Bonchev–Trinajstić information content (AvgIpc) is 2.71. The zero-order valence-corrected chi connectivity index (χ0v) is 13.9. The predicted molar refractivity (Wildman–Crippen MR) is 58.4 cm³/mol. The zero-order valence-electron chi connectivity index (χ0n) is 8.36. The Morgan fingerprint density at radius 3 is 2.33 bits per heavy atom. The molecule has 0 spiro atoms. The van der Waals surface area contributed by atoms with Gasteiger partial charge in [-0.05, 0) is 0 Å². The van der Waals surface area contributed by atoms with Crippen molar-refractivity contribution in [2.75, 3.05) is 0 Å². The third-order valence-electron chi connectivity index (χ3n) is 2.21. The van der Waals surface area contributed by atoms with Gasteiger partial charge in [-0.15, -0.1) is 6.58 Å². The van der Waals surface area contributed by atoms with Crippen LogP contribution in [-0.4, -0.2) is 8.07 Å². The van der Waals surface area contributed by atoms with Gasteiger partial charge in [-0.3, -0.25) is 0 Å². The molecule has 0 radical (unpaired) electrons. The van der Waals surface area contributed by atoms with Crippen LogP contribution in [0.1, 0.15) is 12.8 Å². The summed E-state index contributed by atoms with van der Waals surface area (Å²) in [5.74, 6) is 0.934. The maximum absolute atomic E-state index is 3.76. The van der Waals surface area contributed by atoms with Gasteiger partial charge in [-0.25, -0.2) is 6.42 Å². The van der Waals surface area contributed by atoms with Crippen LogP contribution in [0.25, 0.3) is 0 Å². The summed E-state index contributed by atoms with van der Waals surface area (Å²) in [6, 6.07) is 0. The van der Waals surface area contributed by atoms with Crippen molar-refractivity contribution >= 4 is 21.7 Å². The molecule has 0 unspecified atom stereocenters. The summed E-state index contributed by atoms with van der Waals surface area (Å²) in [7, 11) is -0.855. The second-order valence-corrected chi connectivity index (χ2v) is 9.34. The first-order valence-electron chi connectivity index (χ1n) is 4.29. The normalized spacial score (nSPS) is 22.7. The molecule has 1 aliphatic carbocycles. The van der Waals surface area contributed by atoms with E-state index >= 15 is 0 Å². The van der Waals surface area contributed by atoms with E-state index < -0.39 is 8.07 Å². The fourth-order valence-corrected chi connectivity index (χ4v) is 3.75. The van der Waals surface area contributed by atoms with E-state index in [1.807, 2.05) is 5.54 Å². The van der Waals surface area contributed by atoms with Crippen molar-refractivity contribution in [1.29, 1.82) is 0 Å². The van der Waals surface area contributed by atoms with E-state index in [1.165, 1.54) is 29.2 Å². The third-order valence-corrected chi connectivity index (χ3v) is 4.75. The third kappa shape index (κ3) is 4.34. The van der Waals surface area contributed by atoms with Gasteiger partial charge in [0, 0.05) is 0 Å². The monoisotopic (exact) mass is 296 g/mol. The molecule has 1 saturated carbocycles. The number of halogens is 1. The second kappa shape index (κ2) is 5.72. The summed E-state index contributed by atoms with van der Waals surface area (Å²) in [6.45, 7) is 11.1. The minimum absolute atomic E-state index is 0.855. The van der Waals surface area contributed by atoms with Crippen LogP contribution in [0.3, 0.4) is 0 Å². The molecule has 0 heterocycles. The molecule has 1 fully saturated rings. The molecule has 3 heteroatoms. The first kappa shape index (κ1) is 13.1. The van der Waals surface area contributed by atoms with Gasteiger partial charge in [-0.1, -0.05) is 40.2 Å². The Morgan fingerprint density at radius 1 is 1.58 bits per heavy atom. The molecular weight excluding hydrogens is 281 g/mol. The number of hydrogen-bond acceptors (Lipinski definition) is 0. The van der Waals surface area contributed by atoms with Crippen molar-refractivity contribution in [3.05, 3.63) is 18.2 Å². The standard InChI is InChI=1S/C9H17Si.BrH.Zn/c1-5-6-8-7-9(8)10(2,3)4;;/h5,8H,1,6-7H2,2-4H3;1H;/q-1;;+2/p-1/t8-;;/m0../s1. The van der Waals surface area contributed by atoms with Crippen molar-refractivity contribution in [1.82, 2.24) is 0 Å². The number of allylic oxidation sites excluding steroid dienone is 1. The van der Waals surface area contributed by atoms with Crippen molar-refractivity contribution in [3.8, 4) is 0 Å². The molecule has 1 aliphatic rings. The van der Waals surface area contributed by atoms with E-state index in [4.69, 9.17) is 0 Å². The second-order valence-electron chi connectivity index (χ2n) is 4.20.